The molecule has 0 saturated carbocycles. The molecule has 0 radical (unpaired) electrons. The van der Waals surface area contributed by atoms with Gasteiger partial charge in [0.1, 0.15) is 23.7 Å². The summed E-state index contributed by atoms with van der Waals surface area (Å²) in [4.78, 5) is 49.5. The number of carbonyl (C=O) groups excluding carboxylic acids is 3. The third-order valence-electron chi connectivity index (χ3n) is 4.70. The molecule has 0 atom stereocenters. The van der Waals surface area contributed by atoms with Gasteiger partial charge in [0.25, 0.3) is 5.69 Å². The SMILES string of the molecule is CCOC(=O)c1cc(OCCN(CCC(=O)OC(C)(C)C)S(=O)(=O)c2ccccc2[N+](=O)[O-])cc(C=O)n1. The molecule has 2 aromatic rings. The maximum Gasteiger partial charge on any atom is 0.357 e. The second-order valence-corrected chi connectivity index (χ2v) is 10.7. The summed E-state index contributed by atoms with van der Waals surface area (Å²) in [5, 5.41) is 11.5. The zero-order valence-corrected chi connectivity index (χ0v) is 22.2. The number of carbonyl (C=O) groups is 3. The van der Waals surface area contributed by atoms with Crippen molar-refractivity contribution in [1.82, 2.24) is 9.29 Å². The fourth-order valence-corrected chi connectivity index (χ4v) is 4.75. The summed E-state index contributed by atoms with van der Waals surface area (Å²) >= 11 is 0. The van der Waals surface area contributed by atoms with Crippen molar-refractivity contribution in [3.63, 3.8) is 0 Å². The Bertz CT molecular complexity index is 1290. The van der Waals surface area contributed by atoms with Crippen LogP contribution in [0.3, 0.4) is 0 Å². The number of aromatic nitrogens is 1. The topological polar surface area (TPSA) is 172 Å². The van der Waals surface area contributed by atoms with E-state index in [4.69, 9.17) is 14.2 Å². The molecule has 0 aliphatic heterocycles. The molecule has 1 aromatic carbocycles. The molecule has 13 nitrogen and oxygen atoms in total. The van der Waals surface area contributed by atoms with Crippen LogP contribution in [-0.2, 0) is 24.3 Å². The number of sulfonamides is 1. The fraction of sp³-hybridized carbons (Fsp3) is 0.417. The normalized spacial score (nSPS) is 11.6. The summed E-state index contributed by atoms with van der Waals surface area (Å²) in [6.07, 6.45) is 0.0798. The highest BCUT2D eigenvalue weighted by Gasteiger charge is 2.32. The van der Waals surface area contributed by atoms with Crippen molar-refractivity contribution in [3.05, 3.63) is 57.9 Å². The lowest BCUT2D eigenvalue weighted by atomic mass is 10.2. The predicted octanol–water partition coefficient (Wildman–Crippen LogP) is 2.78. The number of hydrogen-bond donors (Lipinski definition) is 0. The molecule has 0 fully saturated rings. The molecule has 0 amide bonds. The first-order chi connectivity index (χ1) is 17.8. The molecular weight excluding hydrogens is 522 g/mol. The lowest BCUT2D eigenvalue weighted by Gasteiger charge is -2.24. The van der Waals surface area contributed by atoms with Crippen LogP contribution in [0, 0.1) is 10.1 Å². The standard InChI is InChI=1S/C24H29N3O10S/c1-5-35-23(30)19-15-18(14-17(16-28)25-19)36-13-12-26(11-10-22(29)37-24(2,3)4)38(33,34)21-9-7-6-8-20(21)27(31)32/h6-9,14-16H,5,10-13H2,1-4H3. The number of benzene rings is 1. The van der Waals surface area contributed by atoms with E-state index in [0.29, 0.717) is 6.29 Å². The number of aldehydes is 1. The van der Waals surface area contributed by atoms with E-state index < -0.39 is 43.1 Å². The minimum atomic E-state index is -4.45. The van der Waals surface area contributed by atoms with Crippen molar-refractivity contribution in [2.75, 3.05) is 26.3 Å². The highest BCUT2D eigenvalue weighted by molar-refractivity contribution is 7.89. The van der Waals surface area contributed by atoms with Crippen LogP contribution in [0.2, 0.25) is 0 Å². The van der Waals surface area contributed by atoms with Crippen LogP contribution in [0.4, 0.5) is 5.69 Å². The summed E-state index contributed by atoms with van der Waals surface area (Å²) in [6, 6.07) is 7.31. The third kappa shape index (κ3) is 8.59. The van der Waals surface area contributed by atoms with Crippen LogP contribution in [-0.4, -0.2) is 72.8 Å². The van der Waals surface area contributed by atoms with Crippen LogP contribution < -0.4 is 4.74 Å². The number of para-hydroxylation sites is 1. The molecule has 38 heavy (non-hydrogen) atoms. The second-order valence-electron chi connectivity index (χ2n) is 8.77. The van der Waals surface area contributed by atoms with E-state index in [-0.39, 0.29) is 49.9 Å². The quantitative estimate of drug-likeness (QED) is 0.155. The molecule has 0 spiro atoms. The Morgan fingerprint density at radius 2 is 1.84 bits per heavy atom. The molecule has 0 N–H and O–H groups in total. The van der Waals surface area contributed by atoms with Crippen molar-refractivity contribution < 1.29 is 41.9 Å². The number of rotatable bonds is 13. The average molecular weight is 552 g/mol. The first-order valence-corrected chi connectivity index (χ1v) is 12.9. The molecule has 0 bridgehead atoms. The lowest BCUT2D eigenvalue weighted by Crippen LogP contribution is -2.37. The van der Waals surface area contributed by atoms with E-state index in [2.05, 4.69) is 4.98 Å². The van der Waals surface area contributed by atoms with Gasteiger partial charge in [-0.2, -0.15) is 4.31 Å². The summed E-state index contributed by atoms with van der Waals surface area (Å²) in [5.41, 5.74) is -1.71. The van der Waals surface area contributed by atoms with Crippen LogP contribution >= 0.6 is 0 Å². The van der Waals surface area contributed by atoms with Gasteiger partial charge in [0, 0.05) is 31.3 Å². The van der Waals surface area contributed by atoms with Gasteiger partial charge >= 0.3 is 11.9 Å². The van der Waals surface area contributed by atoms with Crippen molar-refractivity contribution in [2.45, 2.75) is 44.6 Å². The molecule has 0 unspecified atom stereocenters. The summed E-state index contributed by atoms with van der Waals surface area (Å²) < 4.78 is 43.4. The van der Waals surface area contributed by atoms with Gasteiger partial charge in [-0.1, -0.05) is 12.1 Å². The lowest BCUT2D eigenvalue weighted by molar-refractivity contribution is -0.387. The van der Waals surface area contributed by atoms with Crippen LogP contribution in [0.1, 0.15) is 55.1 Å². The van der Waals surface area contributed by atoms with Crippen molar-refractivity contribution >= 4 is 33.9 Å². The van der Waals surface area contributed by atoms with E-state index in [0.717, 1.165) is 16.4 Å². The first-order valence-electron chi connectivity index (χ1n) is 11.5. The third-order valence-corrected chi connectivity index (χ3v) is 6.64. The number of nitro benzene ring substituents is 1. The number of ether oxygens (including phenoxy) is 3. The highest BCUT2D eigenvalue weighted by Crippen LogP contribution is 2.26. The molecule has 0 saturated heterocycles. The Hall–Kier alpha value is -3.91. The Kier molecular flexibility index (Phi) is 10.4. The van der Waals surface area contributed by atoms with Gasteiger partial charge in [-0.15, -0.1) is 0 Å². The van der Waals surface area contributed by atoms with Gasteiger partial charge in [-0.25, -0.2) is 18.2 Å². The van der Waals surface area contributed by atoms with E-state index in [9.17, 15) is 32.9 Å². The molecule has 14 heteroatoms. The first kappa shape index (κ1) is 30.3. The maximum atomic E-state index is 13.4. The van der Waals surface area contributed by atoms with E-state index in [1.807, 2.05) is 0 Å². The smallest absolute Gasteiger partial charge is 0.357 e. The minimum Gasteiger partial charge on any atom is -0.492 e. The Morgan fingerprint density at radius 3 is 2.45 bits per heavy atom. The van der Waals surface area contributed by atoms with Crippen LogP contribution in [0.25, 0.3) is 0 Å². The summed E-state index contributed by atoms with van der Waals surface area (Å²) in [6.45, 7) is 5.69. The van der Waals surface area contributed by atoms with E-state index in [1.54, 1.807) is 27.7 Å². The minimum absolute atomic E-state index is 0.0420. The molecule has 1 aromatic heterocycles. The zero-order chi connectivity index (χ0) is 28.5. The predicted molar refractivity (Wildman–Crippen MR) is 133 cm³/mol. The Labute approximate surface area is 219 Å². The largest absolute Gasteiger partial charge is 0.492 e. The second kappa shape index (κ2) is 13.1. The molecule has 1 heterocycles. The fourth-order valence-electron chi connectivity index (χ4n) is 3.17. The Balaban J connectivity index is 2.30. The van der Waals surface area contributed by atoms with Crippen molar-refractivity contribution in [1.29, 1.82) is 0 Å². The Morgan fingerprint density at radius 1 is 1.16 bits per heavy atom. The van der Waals surface area contributed by atoms with Crippen LogP contribution in [0.15, 0.2) is 41.3 Å². The number of nitrogens with zero attached hydrogens (tertiary/aromatic N) is 3. The molecular formula is C24H29N3O10S. The number of hydrogen-bond acceptors (Lipinski definition) is 11. The van der Waals surface area contributed by atoms with Gasteiger partial charge in [-0.05, 0) is 33.8 Å². The molecule has 2 rings (SSSR count). The van der Waals surface area contributed by atoms with E-state index in [1.165, 1.54) is 24.3 Å². The van der Waals surface area contributed by atoms with Crippen molar-refractivity contribution in [3.8, 4) is 5.75 Å². The summed E-state index contributed by atoms with van der Waals surface area (Å²) in [7, 11) is -4.45. The maximum absolute atomic E-state index is 13.4. The average Bonchev–Trinajstić information content (AvgIpc) is 2.84. The number of esters is 2. The molecule has 206 valence electrons. The van der Waals surface area contributed by atoms with Gasteiger partial charge in [-0.3, -0.25) is 19.7 Å². The van der Waals surface area contributed by atoms with Gasteiger partial charge in [0.05, 0.1) is 18.0 Å². The number of pyridine rings is 1. The molecule has 0 aliphatic carbocycles. The zero-order valence-electron chi connectivity index (χ0n) is 21.4. The van der Waals surface area contributed by atoms with Gasteiger partial charge < -0.3 is 14.2 Å². The monoisotopic (exact) mass is 551 g/mol. The highest BCUT2D eigenvalue weighted by atomic mass is 32.2. The molecule has 0 aliphatic rings. The van der Waals surface area contributed by atoms with Gasteiger partial charge in [0.2, 0.25) is 10.0 Å². The summed E-state index contributed by atoms with van der Waals surface area (Å²) in [5.74, 6) is -1.40. The number of nitro groups is 1. The van der Waals surface area contributed by atoms with Crippen LogP contribution in [0.5, 0.6) is 5.75 Å². The van der Waals surface area contributed by atoms with Crippen molar-refractivity contribution in [2.24, 2.45) is 0 Å². The van der Waals surface area contributed by atoms with E-state index >= 15 is 0 Å². The van der Waals surface area contributed by atoms with Gasteiger partial charge in [0.15, 0.2) is 16.9 Å².